The third kappa shape index (κ3) is 3.23. The van der Waals surface area contributed by atoms with E-state index in [2.05, 4.69) is 71.9 Å². The largest absolute Gasteiger partial charge is 0.198 e. The van der Waals surface area contributed by atoms with Crippen molar-refractivity contribution in [1.29, 1.82) is 5.26 Å². The Hall–Kier alpha value is -1.64. The first-order chi connectivity index (χ1) is 10.3. The molecule has 2 aromatic carbocycles. The van der Waals surface area contributed by atoms with Crippen molar-refractivity contribution in [2.45, 2.75) is 41.5 Å². The average Bonchev–Trinajstić information content (AvgIpc) is 2.36. The molecule has 114 valence electrons. The third-order valence-corrected chi connectivity index (χ3v) is 6.99. The van der Waals surface area contributed by atoms with Crippen LogP contribution in [0.4, 0.5) is 0 Å². The van der Waals surface area contributed by atoms with Gasteiger partial charge in [0.2, 0.25) is 0 Å². The second-order valence-electron chi connectivity index (χ2n) is 6.24. The van der Waals surface area contributed by atoms with Crippen LogP contribution in [0.3, 0.4) is 0 Å². The van der Waals surface area contributed by atoms with Gasteiger partial charge < -0.3 is 0 Å². The van der Waals surface area contributed by atoms with Gasteiger partial charge in [-0.2, -0.15) is 5.26 Å². The van der Waals surface area contributed by atoms with Gasteiger partial charge in [0.1, 0.15) is 0 Å². The number of rotatable bonds is 3. The van der Waals surface area contributed by atoms with Crippen molar-refractivity contribution in [3.63, 3.8) is 0 Å². The van der Waals surface area contributed by atoms with E-state index < -0.39 is 7.92 Å². The van der Waals surface area contributed by atoms with Gasteiger partial charge in [-0.15, -0.1) is 0 Å². The monoisotopic (exact) mass is 309 g/mol. The van der Waals surface area contributed by atoms with Crippen LogP contribution in [0, 0.1) is 52.9 Å². The van der Waals surface area contributed by atoms with Crippen LogP contribution in [0.25, 0.3) is 0 Å². The fourth-order valence-electron chi connectivity index (χ4n) is 3.54. The minimum atomic E-state index is -0.620. The van der Waals surface area contributed by atoms with Crippen LogP contribution >= 0.6 is 7.92 Å². The topological polar surface area (TPSA) is 23.8 Å². The lowest BCUT2D eigenvalue weighted by molar-refractivity contribution is 1.34. The van der Waals surface area contributed by atoms with E-state index in [1.807, 2.05) is 0 Å². The van der Waals surface area contributed by atoms with Gasteiger partial charge in [-0.3, -0.25) is 0 Å². The van der Waals surface area contributed by atoms with Crippen LogP contribution in [0.15, 0.2) is 24.3 Å². The number of nitrogens with zero attached hydrogens (tertiary/aromatic N) is 1. The van der Waals surface area contributed by atoms with E-state index in [0.717, 1.165) is 0 Å². The Morgan fingerprint density at radius 1 is 0.727 bits per heavy atom. The van der Waals surface area contributed by atoms with Gasteiger partial charge in [-0.25, -0.2) is 0 Å². The minimum absolute atomic E-state index is 0.588. The van der Waals surface area contributed by atoms with Crippen LogP contribution in [-0.2, 0) is 0 Å². The summed E-state index contributed by atoms with van der Waals surface area (Å²) in [4.78, 5) is 0. The lowest BCUT2D eigenvalue weighted by Gasteiger charge is -2.24. The zero-order valence-corrected chi connectivity index (χ0v) is 15.3. The van der Waals surface area contributed by atoms with Gasteiger partial charge in [0.15, 0.2) is 0 Å². The van der Waals surface area contributed by atoms with E-state index >= 15 is 0 Å². The van der Waals surface area contributed by atoms with Crippen molar-refractivity contribution in [2.75, 3.05) is 6.16 Å². The van der Waals surface area contributed by atoms with Crippen LogP contribution in [-0.4, -0.2) is 6.16 Å². The molecular formula is C20H24NP. The van der Waals surface area contributed by atoms with Crippen molar-refractivity contribution in [3.8, 4) is 6.07 Å². The maximum atomic E-state index is 9.40. The highest BCUT2D eigenvalue weighted by molar-refractivity contribution is 7.73. The summed E-state index contributed by atoms with van der Waals surface area (Å²) >= 11 is 0. The number of hydrogen-bond acceptors (Lipinski definition) is 1. The molecule has 0 heterocycles. The molecule has 2 heteroatoms. The van der Waals surface area contributed by atoms with E-state index in [-0.39, 0.29) is 0 Å². The molecule has 0 atom stereocenters. The van der Waals surface area contributed by atoms with Gasteiger partial charge in [-0.1, -0.05) is 35.4 Å². The molecule has 0 aromatic heterocycles. The molecule has 2 aromatic rings. The maximum Gasteiger partial charge on any atom is 0.0675 e. The predicted octanol–water partition coefficient (Wildman–Crippen LogP) is 4.49. The summed E-state index contributed by atoms with van der Waals surface area (Å²) in [5, 5.41) is 12.2. The Bertz CT molecular complexity index is 649. The molecule has 0 fully saturated rings. The van der Waals surface area contributed by atoms with Crippen LogP contribution in [0.1, 0.15) is 33.4 Å². The standard InChI is InChI=1S/C20H24NP/c1-13-9-15(3)19(16(4)10-13)22(8-7-21)20-17(5)11-14(2)12-18(20)6/h9-12H,8H2,1-6H3. The third-order valence-electron chi connectivity index (χ3n) is 4.04. The molecule has 0 aliphatic carbocycles. The fourth-order valence-corrected chi connectivity index (χ4v) is 6.18. The van der Waals surface area contributed by atoms with Crippen molar-refractivity contribution in [1.82, 2.24) is 0 Å². The maximum absolute atomic E-state index is 9.40. The second-order valence-corrected chi connectivity index (χ2v) is 8.31. The highest BCUT2D eigenvalue weighted by Gasteiger charge is 2.21. The summed E-state index contributed by atoms with van der Waals surface area (Å²) in [5.41, 5.74) is 7.86. The summed E-state index contributed by atoms with van der Waals surface area (Å²) < 4.78 is 0. The normalized spacial score (nSPS) is 10.8. The molecule has 0 radical (unpaired) electrons. The smallest absolute Gasteiger partial charge is 0.0675 e. The molecule has 0 amide bonds. The Morgan fingerprint density at radius 3 is 1.32 bits per heavy atom. The minimum Gasteiger partial charge on any atom is -0.198 e. The number of benzene rings is 2. The number of aryl methyl sites for hydroxylation is 6. The van der Waals surface area contributed by atoms with E-state index in [1.54, 1.807) is 0 Å². The van der Waals surface area contributed by atoms with Crippen LogP contribution < -0.4 is 10.6 Å². The summed E-state index contributed by atoms with van der Waals surface area (Å²) in [5.74, 6) is 0. The number of hydrogen-bond donors (Lipinski definition) is 0. The van der Waals surface area contributed by atoms with E-state index in [4.69, 9.17) is 0 Å². The molecule has 2 rings (SSSR count). The predicted molar refractivity (Wildman–Crippen MR) is 98.0 cm³/mol. The van der Waals surface area contributed by atoms with Crippen molar-refractivity contribution in [2.24, 2.45) is 0 Å². The first-order valence-corrected chi connectivity index (χ1v) is 9.18. The summed E-state index contributed by atoms with van der Waals surface area (Å²) in [7, 11) is -0.620. The van der Waals surface area contributed by atoms with Crippen LogP contribution in [0.2, 0.25) is 0 Å². The number of nitriles is 1. The molecule has 0 aliphatic rings. The van der Waals surface area contributed by atoms with Gasteiger partial charge in [0.05, 0.1) is 12.2 Å². The Morgan fingerprint density at radius 2 is 1.05 bits per heavy atom. The summed E-state index contributed by atoms with van der Waals surface area (Å²) in [6, 6.07) is 11.4. The molecule has 0 saturated carbocycles. The van der Waals surface area contributed by atoms with Crippen LogP contribution in [0.5, 0.6) is 0 Å². The Kier molecular flexibility index (Phi) is 5.05. The molecule has 0 N–H and O–H groups in total. The first-order valence-electron chi connectivity index (χ1n) is 7.65. The van der Waals surface area contributed by atoms with Gasteiger partial charge in [0.25, 0.3) is 0 Å². The Balaban J connectivity index is 2.70. The first kappa shape index (κ1) is 16.7. The van der Waals surface area contributed by atoms with Gasteiger partial charge >= 0.3 is 0 Å². The summed E-state index contributed by atoms with van der Waals surface area (Å²) in [6.07, 6.45) is 0.588. The highest BCUT2D eigenvalue weighted by Crippen LogP contribution is 2.38. The van der Waals surface area contributed by atoms with Crippen molar-refractivity contribution < 1.29 is 0 Å². The SMILES string of the molecule is Cc1cc(C)c(P(CC#N)c2c(C)cc(C)cc2C)c(C)c1. The average molecular weight is 309 g/mol. The quantitative estimate of drug-likeness (QED) is 0.766. The van der Waals surface area contributed by atoms with Gasteiger partial charge in [0, 0.05) is 0 Å². The van der Waals surface area contributed by atoms with Crippen molar-refractivity contribution >= 4 is 18.5 Å². The fraction of sp³-hybridized carbons (Fsp3) is 0.350. The zero-order valence-electron chi connectivity index (χ0n) is 14.4. The molecular weight excluding hydrogens is 285 g/mol. The Labute approximate surface area is 135 Å². The lowest BCUT2D eigenvalue weighted by atomic mass is 10.1. The highest BCUT2D eigenvalue weighted by atomic mass is 31.1. The zero-order chi connectivity index (χ0) is 16.4. The molecule has 0 spiro atoms. The second kappa shape index (κ2) is 6.64. The summed E-state index contributed by atoms with van der Waals surface area (Å²) in [6.45, 7) is 13.0. The lowest BCUT2D eigenvalue weighted by Crippen LogP contribution is -2.23. The molecule has 0 aliphatic heterocycles. The molecule has 0 bridgehead atoms. The molecule has 0 saturated heterocycles. The van der Waals surface area contributed by atoms with E-state index in [9.17, 15) is 5.26 Å². The van der Waals surface area contributed by atoms with E-state index in [1.165, 1.54) is 44.0 Å². The molecule has 0 unspecified atom stereocenters. The molecule has 1 nitrogen and oxygen atoms in total. The van der Waals surface area contributed by atoms with Gasteiger partial charge in [-0.05, 0) is 82.3 Å². The van der Waals surface area contributed by atoms with Crippen molar-refractivity contribution in [3.05, 3.63) is 57.6 Å². The molecule has 22 heavy (non-hydrogen) atoms. The van der Waals surface area contributed by atoms with E-state index in [0.29, 0.717) is 6.16 Å².